The van der Waals surface area contributed by atoms with Gasteiger partial charge in [-0.05, 0) is 17.2 Å². The van der Waals surface area contributed by atoms with E-state index in [4.69, 9.17) is 9.05 Å². The van der Waals surface area contributed by atoms with E-state index in [1.54, 1.807) is 0 Å². The second-order valence-corrected chi connectivity index (χ2v) is 6.88. The smallest absolute Gasteiger partial charge is 0.312 e. The van der Waals surface area contributed by atoms with E-state index >= 15 is 0 Å². The highest BCUT2D eigenvalue weighted by molar-refractivity contribution is 9.10. The van der Waals surface area contributed by atoms with Crippen LogP contribution in [0.5, 0.6) is 0 Å². The van der Waals surface area contributed by atoms with Gasteiger partial charge in [0.25, 0.3) is 0 Å². The Bertz CT molecular complexity index is 401. The second kappa shape index (κ2) is 6.31. The molecule has 0 atom stereocenters. The molecule has 0 aromatic heterocycles. The number of hydrogen-bond acceptors (Lipinski definition) is 3. The average Bonchev–Trinajstić information content (AvgIpc) is 2.32. The molecule has 0 spiro atoms. The first-order valence-corrected chi connectivity index (χ1v) is 8.22. The third-order valence-corrected chi connectivity index (χ3v) is 5.45. The molecule has 0 saturated heterocycles. The van der Waals surface area contributed by atoms with Gasteiger partial charge in [0.15, 0.2) is 0 Å². The minimum atomic E-state index is -3.01. The van der Waals surface area contributed by atoms with Gasteiger partial charge in [-0.3, -0.25) is 4.57 Å². The van der Waals surface area contributed by atoms with Crippen LogP contribution in [0.15, 0.2) is 22.7 Å². The maximum atomic E-state index is 12.0. The zero-order valence-electron chi connectivity index (χ0n) is 9.07. The number of halogens is 2. The summed E-state index contributed by atoms with van der Waals surface area (Å²) in [7, 11) is -0.215. The fourth-order valence-electron chi connectivity index (χ4n) is 1.24. The summed E-state index contributed by atoms with van der Waals surface area (Å²) >= 11 is 6.81. The van der Waals surface area contributed by atoms with E-state index in [1.165, 1.54) is 14.2 Å². The maximum absolute atomic E-state index is 12.0. The van der Waals surface area contributed by atoms with Gasteiger partial charge in [0.05, 0.1) is 6.16 Å². The van der Waals surface area contributed by atoms with Crippen LogP contribution in [0.3, 0.4) is 0 Å². The van der Waals surface area contributed by atoms with Crippen molar-refractivity contribution in [1.29, 1.82) is 0 Å². The molecule has 1 rings (SSSR count). The molecule has 16 heavy (non-hydrogen) atoms. The lowest BCUT2D eigenvalue weighted by Crippen LogP contribution is -1.95. The molecule has 0 amide bonds. The first kappa shape index (κ1) is 14.4. The van der Waals surface area contributed by atoms with Gasteiger partial charge in [0, 0.05) is 24.0 Å². The Morgan fingerprint density at radius 1 is 1.31 bits per heavy atom. The fraction of sp³-hybridized carbons (Fsp3) is 0.400. The lowest BCUT2D eigenvalue weighted by Gasteiger charge is -2.15. The van der Waals surface area contributed by atoms with Crippen LogP contribution in [-0.4, -0.2) is 14.2 Å². The van der Waals surface area contributed by atoms with Crippen molar-refractivity contribution < 1.29 is 13.6 Å². The van der Waals surface area contributed by atoms with E-state index < -0.39 is 7.60 Å². The van der Waals surface area contributed by atoms with Gasteiger partial charge < -0.3 is 9.05 Å². The summed E-state index contributed by atoms with van der Waals surface area (Å²) in [5.41, 5.74) is 2.04. The summed E-state index contributed by atoms with van der Waals surface area (Å²) in [5, 5.41) is 0.761. The largest absolute Gasteiger partial charge is 0.334 e. The molecule has 0 fully saturated rings. The summed E-state index contributed by atoms with van der Waals surface area (Å²) in [5.74, 6) is 0. The zero-order chi connectivity index (χ0) is 12.2. The summed E-state index contributed by atoms with van der Waals surface area (Å²) in [6.07, 6.45) is 0.265. The lowest BCUT2D eigenvalue weighted by molar-refractivity contribution is 0.274. The number of rotatable bonds is 5. The molecule has 0 heterocycles. The number of hydrogen-bond donors (Lipinski definition) is 0. The fourth-order valence-corrected chi connectivity index (χ4v) is 3.28. The topological polar surface area (TPSA) is 35.5 Å². The molecule has 6 heteroatoms. The highest BCUT2D eigenvalue weighted by Crippen LogP contribution is 2.50. The van der Waals surface area contributed by atoms with Crippen molar-refractivity contribution in [2.75, 3.05) is 14.2 Å². The Hall–Kier alpha value is 0.330. The summed E-state index contributed by atoms with van der Waals surface area (Å²) < 4.78 is 22.7. The first-order valence-electron chi connectivity index (χ1n) is 4.58. The van der Waals surface area contributed by atoms with Crippen molar-refractivity contribution in [2.24, 2.45) is 0 Å². The van der Waals surface area contributed by atoms with Gasteiger partial charge >= 0.3 is 7.60 Å². The summed E-state index contributed by atoms with van der Waals surface area (Å²) in [4.78, 5) is 0. The van der Waals surface area contributed by atoms with Crippen molar-refractivity contribution in [3.8, 4) is 0 Å². The van der Waals surface area contributed by atoms with Crippen LogP contribution in [-0.2, 0) is 25.1 Å². The van der Waals surface area contributed by atoms with Crippen molar-refractivity contribution in [1.82, 2.24) is 0 Å². The molecule has 90 valence electrons. The van der Waals surface area contributed by atoms with Crippen LogP contribution < -0.4 is 0 Å². The van der Waals surface area contributed by atoms with Gasteiger partial charge in [0.1, 0.15) is 0 Å². The zero-order valence-corrected chi connectivity index (χ0v) is 13.1. The van der Waals surface area contributed by atoms with E-state index in [9.17, 15) is 4.57 Å². The molecule has 0 aliphatic heterocycles. The number of benzene rings is 1. The van der Waals surface area contributed by atoms with Gasteiger partial charge in [-0.25, -0.2) is 0 Å². The van der Waals surface area contributed by atoms with E-state index in [0.29, 0.717) is 0 Å². The highest BCUT2D eigenvalue weighted by atomic mass is 79.9. The summed E-state index contributed by atoms with van der Waals surface area (Å²) in [6, 6.07) is 5.90. The van der Waals surface area contributed by atoms with Gasteiger partial charge in [0.2, 0.25) is 0 Å². The third kappa shape index (κ3) is 3.67. The van der Waals surface area contributed by atoms with E-state index in [1.807, 2.05) is 18.2 Å². The molecule has 1 aromatic rings. The Labute approximate surface area is 112 Å². The molecule has 0 N–H and O–H groups in total. The molecule has 0 saturated carbocycles. The Kier molecular flexibility index (Phi) is 5.68. The minimum Gasteiger partial charge on any atom is -0.312 e. The van der Waals surface area contributed by atoms with Gasteiger partial charge in [-0.1, -0.05) is 44.0 Å². The molecule has 3 nitrogen and oxygen atoms in total. The monoisotopic (exact) mass is 370 g/mol. The Morgan fingerprint density at radius 2 is 1.94 bits per heavy atom. The Morgan fingerprint density at radius 3 is 2.44 bits per heavy atom. The number of alkyl halides is 1. The van der Waals surface area contributed by atoms with Crippen LogP contribution >= 0.6 is 39.5 Å². The Balaban J connectivity index is 3.00. The molecule has 0 aliphatic rings. The molecule has 0 radical (unpaired) electrons. The normalized spacial score (nSPS) is 11.8. The average molecular weight is 372 g/mol. The quantitative estimate of drug-likeness (QED) is 0.570. The molecular weight excluding hydrogens is 359 g/mol. The van der Waals surface area contributed by atoms with Crippen molar-refractivity contribution in [3.05, 3.63) is 33.8 Å². The molecule has 0 unspecified atom stereocenters. The molecule has 0 bridgehead atoms. The SMILES string of the molecule is COP(=O)(Cc1cc(CBr)ccc1Br)OC. The predicted octanol–water partition coefficient (Wildman–Crippen LogP) is 4.33. The van der Waals surface area contributed by atoms with Crippen LogP contribution in [0.1, 0.15) is 11.1 Å². The first-order chi connectivity index (χ1) is 7.54. The van der Waals surface area contributed by atoms with Crippen LogP contribution in [0.4, 0.5) is 0 Å². The predicted molar refractivity (Wildman–Crippen MR) is 72.1 cm³/mol. The summed E-state index contributed by atoms with van der Waals surface area (Å²) in [6.45, 7) is 0. The second-order valence-electron chi connectivity index (χ2n) is 3.19. The van der Waals surface area contributed by atoms with Crippen LogP contribution in [0.25, 0.3) is 0 Å². The highest BCUT2D eigenvalue weighted by Gasteiger charge is 2.22. The molecule has 1 aromatic carbocycles. The van der Waals surface area contributed by atoms with E-state index in [2.05, 4.69) is 31.9 Å². The third-order valence-electron chi connectivity index (χ3n) is 2.18. The molecular formula is C10H13Br2O3P. The van der Waals surface area contributed by atoms with Crippen molar-refractivity contribution in [3.63, 3.8) is 0 Å². The lowest BCUT2D eigenvalue weighted by atomic mass is 10.2. The van der Waals surface area contributed by atoms with E-state index in [-0.39, 0.29) is 6.16 Å². The maximum Gasteiger partial charge on any atom is 0.334 e. The van der Waals surface area contributed by atoms with Gasteiger partial charge in [-0.2, -0.15) is 0 Å². The standard InChI is InChI=1S/C10H13Br2O3P/c1-14-16(13,15-2)7-9-5-8(6-11)3-4-10(9)12/h3-5H,6-7H2,1-2H3. The van der Waals surface area contributed by atoms with Crippen LogP contribution in [0.2, 0.25) is 0 Å². The van der Waals surface area contributed by atoms with E-state index in [0.717, 1.165) is 20.9 Å². The van der Waals surface area contributed by atoms with Crippen molar-refractivity contribution in [2.45, 2.75) is 11.5 Å². The van der Waals surface area contributed by atoms with Crippen molar-refractivity contribution >= 4 is 39.5 Å². The molecule has 0 aliphatic carbocycles. The minimum absolute atomic E-state index is 0.265. The van der Waals surface area contributed by atoms with Gasteiger partial charge in [-0.15, -0.1) is 0 Å². The van der Waals surface area contributed by atoms with Crippen LogP contribution in [0, 0.1) is 0 Å².